The normalized spacial score (nSPS) is 24.7. The molecule has 1 aromatic carbocycles. The van der Waals surface area contributed by atoms with Gasteiger partial charge >= 0.3 is 0 Å². The molecule has 15 heavy (non-hydrogen) atoms. The highest BCUT2D eigenvalue weighted by atomic mass is 16.5. The number of fused-ring (bicyclic) bond motifs is 1. The van der Waals surface area contributed by atoms with Crippen molar-refractivity contribution in [2.45, 2.75) is 31.8 Å². The molecule has 0 radical (unpaired) electrons. The Morgan fingerprint density at radius 2 is 2.00 bits per heavy atom. The zero-order valence-corrected chi connectivity index (χ0v) is 9.25. The minimum atomic E-state index is -0.575. The van der Waals surface area contributed by atoms with Gasteiger partial charge in [-0.15, -0.1) is 0 Å². The van der Waals surface area contributed by atoms with E-state index in [4.69, 9.17) is 4.74 Å². The molecular weight excluding hydrogens is 188 g/mol. The first-order chi connectivity index (χ1) is 7.18. The van der Waals surface area contributed by atoms with E-state index in [1.807, 2.05) is 12.1 Å². The Labute approximate surface area is 90.3 Å². The second-order valence-corrected chi connectivity index (χ2v) is 4.20. The fourth-order valence-electron chi connectivity index (χ4n) is 2.32. The summed E-state index contributed by atoms with van der Waals surface area (Å²) >= 11 is 0. The lowest BCUT2D eigenvalue weighted by Crippen LogP contribution is -2.44. The Bertz CT molecular complexity index is 384. The number of ether oxygens (including phenoxy) is 1. The van der Waals surface area contributed by atoms with Gasteiger partial charge in [0.25, 0.3) is 0 Å². The molecule has 0 bridgehead atoms. The van der Waals surface area contributed by atoms with Crippen molar-refractivity contribution in [3.63, 3.8) is 0 Å². The van der Waals surface area contributed by atoms with Crippen LogP contribution in [0.25, 0.3) is 0 Å². The van der Waals surface area contributed by atoms with E-state index in [-0.39, 0.29) is 5.78 Å². The lowest BCUT2D eigenvalue weighted by Gasteiger charge is -2.34. The number of Topliss-reactive ketones (excluding diaryl/α,β-unsaturated/α-hetero) is 1. The van der Waals surface area contributed by atoms with Gasteiger partial charge in [0.2, 0.25) is 0 Å². The van der Waals surface area contributed by atoms with Crippen LogP contribution >= 0.6 is 0 Å². The molecule has 1 aliphatic carbocycles. The summed E-state index contributed by atoms with van der Waals surface area (Å²) in [6.45, 7) is 1.62. The van der Waals surface area contributed by atoms with Crippen molar-refractivity contribution in [1.82, 2.24) is 0 Å². The third-order valence-corrected chi connectivity index (χ3v) is 3.42. The highest BCUT2D eigenvalue weighted by molar-refractivity contribution is 5.85. The number of hydrogen-bond acceptors (Lipinski definition) is 2. The number of methoxy groups -OCH3 is 1. The maximum Gasteiger partial charge on any atom is 0.161 e. The van der Waals surface area contributed by atoms with Gasteiger partial charge in [-0.25, -0.2) is 0 Å². The number of carbonyl (C=O) groups excluding carboxylic acids is 1. The first-order valence-corrected chi connectivity index (χ1v) is 5.31. The lowest BCUT2D eigenvalue weighted by atomic mass is 9.78. The van der Waals surface area contributed by atoms with Gasteiger partial charge < -0.3 is 4.74 Å². The maximum absolute atomic E-state index is 11.6. The second kappa shape index (κ2) is 3.78. The quantitative estimate of drug-likeness (QED) is 0.737. The van der Waals surface area contributed by atoms with Crippen molar-refractivity contribution in [3.8, 4) is 0 Å². The zero-order valence-electron chi connectivity index (χ0n) is 9.25. The molecule has 0 saturated carbocycles. The van der Waals surface area contributed by atoms with Crippen LogP contribution in [0.15, 0.2) is 24.3 Å². The zero-order chi connectivity index (χ0) is 10.9. The van der Waals surface area contributed by atoms with Crippen LogP contribution in [0.5, 0.6) is 0 Å². The summed E-state index contributed by atoms with van der Waals surface area (Å²) < 4.78 is 5.45. The Kier molecular flexibility index (Phi) is 2.61. The summed E-state index contributed by atoms with van der Waals surface area (Å²) in [5.41, 5.74) is 2.03. The first kappa shape index (κ1) is 10.4. The molecule has 1 aromatic rings. The van der Waals surface area contributed by atoms with Gasteiger partial charge in [-0.1, -0.05) is 24.3 Å². The minimum Gasteiger partial charge on any atom is -0.370 e. The van der Waals surface area contributed by atoms with Crippen LogP contribution < -0.4 is 0 Å². The van der Waals surface area contributed by atoms with Crippen LogP contribution in [-0.4, -0.2) is 18.5 Å². The molecule has 0 aromatic heterocycles. The highest BCUT2D eigenvalue weighted by Gasteiger charge is 2.38. The van der Waals surface area contributed by atoms with E-state index in [0.717, 1.165) is 19.3 Å². The minimum absolute atomic E-state index is 0.138. The Morgan fingerprint density at radius 1 is 1.33 bits per heavy atom. The van der Waals surface area contributed by atoms with Gasteiger partial charge in [-0.05, 0) is 30.9 Å². The number of hydrogen-bond donors (Lipinski definition) is 0. The molecule has 0 spiro atoms. The van der Waals surface area contributed by atoms with Crippen molar-refractivity contribution in [3.05, 3.63) is 35.4 Å². The number of ketones is 1. The summed E-state index contributed by atoms with van der Waals surface area (Å²) in [6, 6.07) is 8.29. The molecule has 1 atom stereocenters. The fraction of sp³-hybridized carbons (Fsp3) is 0.462. The van der Waals surface area contributed by atoms with Crippen LogP contribution in [0.1, 0.15) is 24.5 Å². The van der Waals surface area contributed by atoms with E-state index in [1.54, 1.807) is 14.0 Å². The first-order valence-electron chi connectivity index (χ1n) is 5.31. The molecular formula is C13H16O2. The number of rotatable bonds is 2. The van der Waals surface area contributed by atoms with E-state index >= 15 is 0 Å². The van der Waals surface area contributed by atoms with Crippen LogP contribution in [0.3, 0.4) is 0 Å². The maximum atomic E-state index is 11.6. The molecule has 2 nitrogen and oxygen atoms in total. The van der Waals surface area contributed by atoms with E-state index in [1.165, 1.54) is 11.1 Å². The predicted octanol–water partition coefficient (Wildman–Crippen LogP) is 2.15. The third kappa shape index (κ3) is 1.70. The Morgan fingerprint density at radius 3 is 2.60 bits per heavy atom. The van der Waals surface area contributed by atoms with Crippen molar-refractivity contribution >= 4 is 5.78 Å². The Balaban J connectivity index is 2.35. The van der Waals surface area contributed by atoms with E-state index < -0.39 is 5.60 Å². The molecule has 1 unspecified atom stereocenters. The average molecular weight is 204 g/mol. The SMILES string of the molecule is COC1(C(C)=O)CCc2ccccc2C1. The van der Waals surface area contributed by atoms with Crippen LogP contribution in [-0.2, 0) is 22.4 Å². The molecule has 2 rings (SSSR count). The monoisotopic (exact) mass is 204 g/mol. The number of benzene rings is 1. The Hall–Kier alpha value is -1.15. The molecule has 2 heteroatoms. The average Bonchev–Trinajstić information content (AvgIpc) is 2.28. The largest absolute Gasteiger partial charge is 0.370 e. The van der Waals surface area contributed by atoms with Gasteiger partial charge in [0.05, 0.1) is 0 Å². The van der Waals surface area contributed by atoms with E-state index in [9.17, 15) is 4.79 Å². The molecule has 1 aliphatic rings. The highest BCUT2D eigenvalue weighted by Crippen LogP contribution is 2.31. The van der Waals surface area contributed by atoms with E-state index in [2.05, 4.69) is 12.1 Å². The molecule has 0 saturated heterocycles. The van der Waals surface area contributed by atoms with Crippen molar-refractivity contribution < 1.29 is 9.53 Å². The number of aryl methyl sites for hydroxylation is 1. The molecule has 80 valence electrons. The molecule has 0 fully saturated rings. The predicted molar refractivity (Wildman–Crippen MR) is 58.9 cm³/mol. The third-order valence-electron chi connectivity index (χ3n) is 3.42. The van der Waals surface area contributed by atoms with Gasteiger partial charge in [0.1, 0.15) is 5.60 Å². The topological polar surface area (TPSA) is 26.3 Å². The molecule has 0 N–H and O–H groups in total. The summed E-state index contributed by atoms with van der Waals surface area (Å²) in [4.78, 5) is 11.6. The molecule has 0 amide bonds. The van der Waals surface area contributed by atoms with Crippen LogP contribution in [0.2, 0.25) is 0 Å². The number of carbonyl (C=O) groups is 1. The van der Waals surface area contributed by atoms with Crippen molar-refractivity contribution in [1.29, 1.82) is 0 Å². The van der Waals surface area contributed by atoms with Gasteiger partial charge in [0.15, 0.2) is 5.78 Å². The summed E-state index contributed by atoms with van der Waals surface area (Å²) in [5, 5.41) is 0. The molecule has 0 heterocycles. The van der Waals surface area contributed by atoms with Crippen LogP contribution in [0.4, 0.5) is 0 Å². The smallest absolute Gasteiger partial charge is 0.161 e. The van der Waals surface area contributed by atoms with Crippen LogP contribution in [0, 0.1) is 0 Å². The lowest BCUT2D eigenvalue weighted by molar-refractivity contribution is -0.140. The van der Waals surface area contributed by atoms with Crippen molar-refractivity contribution in [2.24, 2.45) is 0 Å². The summed E-state index contributed by atoms with van der Waals surface area (Å²) in [6.07, 6.45) is 2.45. The van der Waals surface area contributed by atoms with Gasteiger partial charge in [-0.2, -0.15) is 0 Å². The summed E-state index contributed by atoms with van der Waals surface area (Å²) in [5.74, 6) is 0.138. The fourth-order valence-corrected chi connectivity index (χ4v) is 2.32. The summed E-state index contributed by atoms with van der Waals surface area (Å²) in [7, 11) is 1.63. The van der Waals surface area contributed by atoms with E-state index in [0.29, 0.717) is 0 Å². The van der Waals surface area contributed by atoms with Crippen molar-refractivity contribution in [2.75, 3.05) is 7.11 Å². The molecule has 0 aliphatic heterocycles. The van der Waals surface area contributed by atoms with Gasteiger partial charge in [0, 0.05) is 13.5 Å². The second-order valence-electron chi connectivity index (χ2n) is 4.20. The van der Waals surface area contributed by atoms with Gasteiger partial charge in [-0.3, -0.25) is 4.79 Å². The standard InChI is InChI=1S/C13H16O2/c1-10(14)13(15-2)8-7-11-5-3-4-6-12(11)9-13/h3-6H,7-9H2,1-2H3.